The maximum absolute atomic E-state index is 5.00. The Balaban J connectivity index is 1.34. The molecule has 1 saturated carbocycles. The monoisotopic (exact) mass is 470 g/mol. The van der Waals surface area contributed by atoms with Crippen molar-refractivity contribution < 1.29 is 0 Å². The molecule has 5 rings (SSSR count). The topological polar surface area (TPSA) is 98.1 Å². The number of benzene rings is 1. The molecular formula is C27H34N8. The van der Waals surface area contributed by atoms with Gasteiger partial charge in [0.25, 0.3) is 0 Å². The molecular weight excluding hydrogens is 436 g/mol. The first-order chi connectivity index (χ1) is 17.3. The summed E-state index contributed by atoms with van der Waals surface area (Å²) >= 11 is 0. The number of tetrazole rings is 1. The van der Waals surface area contributed by atoms with Crippen molar-refractivity contribution in [2.24, 2.45) is 5.92 Å². The fourth-order valence-electron chi connectivity index (χ4n) is 5.05. The smallest absolute Gasteiger partial charge is 0.181 e. The molecule has 1 fully saturated rings. The Morgan fingerprint density at radius 1 is 1.03 bits per heavy atom. The Morgan fingerprint density at radius 3 is 2.66 bits per heavy atom. The van der Waals surface area contributed by atoms with Crippen LogP contribution in [0, 0.1) is 5.92 Å². The Kier molecular flexibility index (Phi) is 7.56. The maximum atomic E-state index is 5.00. The molecule has 0 aliphatic heterocycles. The van der Waals surface area contributed by atoms with Gasteiger partial charge >= 0.3 is 0 Å². The molecule has 1 aromatic carbocycles. The Labute approximate surface area is 206 Å². The lowest BCUT2D eigenvalue weighted by molar-refractivity contribution is 0.351. The zero-order valence-corrected chi connectivity index (χ0v) is 20.5. The lowest BCUT2D eigenvalue weighted by Gasteiger charge is -2.19. The van der Waals surface area contributed by atoms with E-state index < -0.39 is 0 Å². The average Bonchev–Trinajstić information content (AvgIpc) is 3.56. The fraction of sp³-hybridized carbons (Fsp3) is 0.481. The molecule has 35 heavy (non-hydrogen) atoms. The molecule has 1 aliphatic carbocycles. The number of nitrogens with one attached hydrogen (secondary N) is 1. The van der Waals surface area contributed by atoms with Crippen molar-refractivity contribution in [1.29, 1.82) is 0 Å². The van der Waals surface area contributed by atoms with Crippen molar-refractivity contribution in [1.82, 2.24) is 40.4 Å². The summed E-state index contributed by atoms with van der Waals surface area (Å²) in [6, 6.07) is 12.4. The number of aromatic amines is 1. The van der Waals surface area contributed by atoms with Crippen molar-refractivity contribution in [3.63, 3.8) is 0 Å². The van der Waals surface area contributed by atoms with Gasteiger partial charge in [0.05, 0.1) is 12.2 Å². The number of aromatic nitrogens is 8. The van der Waals surface area contributed by atoms with Gasteiger partial charge in [-0.25, -0.2) is 14.8 Å². The standard InChI is InChI=1S/C27H34N8/c1-2-3-5-12-25-29-24(18-20-9-6-4-7-10-20)32-35(25)19-21-13-15-22(16-14-21)26-23(11-8-17-28-26)27-30-33-34-31-27/h8,11,13-17,20H,2-7,9-10,12,18-19H2,1H3,(H,30,31,33,34). The molecule has 0 bridgehead atoms. The number of rotatable bonds is 10. The molecule has 182 valence electrons. The molecule has 0 amide bonds. The number of nitrogens with zero attached hydrogens (tertiary/aromatic N) is 7. The van der Waals surface area contributed by atoms with Crippen molar-refractivity contribution in [3.8, 4) is 22.6 Å². The zero-order chi connectivity index (χ0) is 23.9. The Hall–Kier alpha value is -3.42. The van der Waals surface area contributed by atoms with Crippen LogP contribution < -0.4 is 0 Å². The largest absolute Gasteiger partial charge is 0.255 e. The second-order valence-electron chi connectivity index (χ2n) is 9.61. The molecule has 0 saturated heterocycles. The minimum absolute atomic E-state index is 0.613. The lowest BCUT2D eigenvalue weighted by atomic mass is 9.87. The highest BCUT2D eigenvalue weighted by Crippen LogP contribution is 2.28. The van der Waals surface area contributed by atoms with Gasteiger partial charge in [-0.3, -0.25) is 4.98 Å². The van der Waals surface area contributed by atoms with Crippen molar-refractivity contribution in [2.75, 3.05) is 0 Å². The third-order valence-electron chi connectivity index (χ3n) is 6.96. The van der Waals surface area contributed by atoms with Crippen LogP contribution in [0.25, 0.3) is 22.6 Å². The van der Waals surface area contributed by atoms with Crippen LogP contribution in [-0.4, -0.2) is 40.4 Å². The minimum atomic E-state index is 0.613. The van der Waals surface area contributed by atoms with E-state index in [2.05, 4.69) is 61.5 Å². The van der Waals surface area contributed by atoms with Gasteiger partial charge in [0.15, 0.2) is 11.6 Å². The van der Waals surface area contributed by atoms with E-state index in [1.54, 1.807) is 6.20 Å². The number of hydrogen-bond acceptors (Lipinski definition) is 6. The Bertz CT molecular complexity index is 1190. The molecule has 3 aromatic heterocycles. The summed E-state index contributed by atoms with van der Waals surface area (Å²) in [5.74, 6) is 3.51. The predicted octanol–water partition coefficient (Wildman–Crippen LogP) is 5.42. The van der Waals surface area contributed by atoms with E-state index in [-0.39, 0.29) is 0 Å². The van der Waals surface area contributed by atoms with Gasteiger partial charge in [0, 0.05) is 30.2 Å². The maximum Gasteiger partial charge on any atom is 0.181 e. The van der Waals surface area contributed by atoms with Crippen LogP contribution in [0.3, 0.4) is 0 Å². The molecule has 1 aliphatic rings. The molecule has 0 radical (unpaired) electrons. The average molecular weight is 471 g/mol. The van der Waals surface area contributed by atoms with Crippen LogP contribution in [0.5, 0.6) is 0 Å². The lowest BCUT2D eigenvalue weighted by Crippen LogP contribution is -2.11. The molecule has 8 heteroatoms. The number of H-pyrrole nitrogens is 1. The second-order valence-corrected chi connectivity index (χ2v) is 9.61. The second kappa shape index (κ2) is 11.3. The fourth-order valence-corrected chi connectivity index (χ4v) is 5.05. The van der Waals surface area contributed by atoms with Gasteiger partial charge in [0.2, 0.25) is 0 Å². The highest BCUT2D eigenvalue weighted by atomic mass is 15.5. The number of aryl methyl sites for hydroxylation is 1. The third kappa shape index (κ3) is 5.81. The van der Waals surface area contributed by atoms with Gasteiger partial charge in [-0.2, -0.15) is 5.10 Å². The van der Waals surface area contributed by atoms with E-state index in [4.69, 9.17) is 10.1 Å². The van der Waals surface area contributed by atoms with Crippen molar-refractivity contribution in [3.05, 3.63) is 59.8 Å². The molecule has 0 spiro atoms. The van der Waals surface area contributed by atoms with Crippen LogP contribution >= 0.6 is 0 Å². The minimum Gasteiger partial charge on any atom is -0.255 e. The van der Waals surface area contributed by atoms with E-state index in [0.29, 0.717) is 5.82 Å². The van der Waals surface area contributed by atoms with E-state index in [0.717, 1.165) is 60.2 Å². The number of hydrogen-bond donors (Lipinski definition) is 1. The Morgan fingerprint density at radius 2 is 1.89 bits per heavy atom. The van der Waals surface area contributed by atoms with E-state index in [1.807, 2.05) is 12.1 Å². The van der Waals surface area contributed by atoms with Crippen molar-refractivity contribution in [2.45, 2.75) is 77.7 Å². The molecule has 4 aromatic rings. The summed E-state index contributed by atoms with van der Waals surface area (Å²) in [4.78, 5) is 9.59. The predicted molar refractivity (Wildman–Crippen MR) is 135 cm³/mol. The first-order valence-electron chi connectivity index (χ1n) is 13.0. The highest BCUT2D eigenvalue weighted by Gasteiger charge is 2.18. The van der Waals surface area contributed by atoms with Crippen molar-refractivity contribution >= 4 is 0 Å². The quantitative estimate of drug-likeness (QED) is 0.311. The first-order valence-corrected chi connectivity index (χ1v) is 13.0. The SMILES string of the molecule is CCCCCc1nc(CC2CCCCC2)nn1Cc1ccc(-c2ncccc2-c2nnn[nH]2)cc1. The molecule has 3 heterocycles. The number of pyridine rings is 1. The van der Waals surface area contributed by atoms with Crippen LogP contribution in [-0.2, 0) is 19.4 Å². The van der Waals surface area contributed by atoms with E-state index in [1.165, 1.54) is 50.5 Å². The van der Waals surface area contributed by atoms with Gasteiger partial charge in [-0.15, -0.1) is 5.10 Å². The normalized spacial score (nSPS) is 14.4. The molecule has 0 atom stereocenters. The summed E-state index contributed by atoms with van der Waals surface area (Å²) in [5.41, 5.74) is 3.97. The summed E-state index contributed by atoms with van der Waals surface area (Å²) in [7, 11) is 0. The van der Waals surface area contributed by atoms with Gasteiger partial charge < -0.3 is 0 Å². The third-order valence-corrected chi connectivity index (χ3v) is 6.96. The highest BCUT2D eigenvalue weighted by molar-refractivity contribution is 5.76. The van der Waals surface area contributed by atoms with Crippen LogP contribution in [0.1, 0.15) is 75.5 Å². The zero-order valence-electron chi connectivity index (χ0n) is 20.5. The van der Waals surface area contributed by atoms with E-state index >= 15 is 0 Å². The van der Waals surface area contributed by atoms with E-state index in [9.17, 15) is 0 Å². The van der Waals surface area contributed by atoms with Gasteiger partial charge in [-0.05, 0) is 40.5 Å². The van der Waals surface area contributed by atoms with Gasteiger partial charge in [0.1, 0.15) is 5.82 Å². The summed E-state index contributed by atoms with van der Waals surface area (Å²) in [6.07, 6.45) is 14.1. The first kappa shape index (κ1) is 23.3. The summed E-state index contributed by atoms with van der Waals surface area (Å²) < 4.78 is 2.13. The molecule has 1 N–H and O–H groups in total. The number of unbranched alkanes of at least 4 members (excludes halogenated alkanes) is 2. The molecule has 0 unspecified atom stereocenters. The molecule has 8 nitrogen and oxygen atoms in total. The van der Waals surface area contributed by atoms with Crippen LogP contribution in [0.2, 0.25) is 0 Å². The van der Waals surface area contributed by atoms with Crippen LogP contribution in [0.4, 0.5) is 0 Å². The summed E-state index contributed by atoms with van der Waals surface area (Å²) in [5, 5.41) is 19.3. The van der Waals surface area contributed by atoms with Crippen LogP contribution in [0.15, 0.2) is 42.6 Å². The summed E-state index contributed by atoms with van der Waals surface area (Å²) in [6.45, 7) is 2.98. The van der Waals surface area contributed by atoms with Gasteiger partial charge in [-0.1, -0.05) is 76.1 Å².